The molecule has 2 aromatic carbocycles. The minimum absolute atomic E-state index is 0.219. The molecular weight excluding hydrogens is 360 g/mol. The Labute approximate surface area is 153 Å². The number of nitrogens with zero attached hydrogens (tertiary/aromatic N) is 1. The van der Waals surface area contributed by atoms with E-state index < -0.39 is 11.6 Å². The van der Waals surface area contributed by atoms with E-state index in [0.29, 0.717) is 10.6 Å². The Balaban J connectivity index is 1.65. The van der Waals surface area contributed by atoms with E-state index in [1.165, 1.54) is 24.4 Å². The van der Waals surface area contributed by atoms with E-state index in [-0.39, 0.29) is 24.0 Å². The number of benzene rings is 2. The third-order valence-corrected chi connectivity index (χ3v) is 4.01. The van der Waals surface area contributed by atoms with Crippen LogP contribution < -0.4 is 10.6 Å². The molecule has 0 bridgehead atoms. The minimum Gasteiger partial charge on any atom is -0.348 e. The molecule has 1 amide bonds. The highest BCUT2D eigenvalue weighted by Crippen LogP contribution is 2.22. The number of amides is 1. The van der Waals surface area contributed by atoms with E-state index in [0.717, 1.165) is 17.7 Å². The molecule has 3 rings (SSSR count). The van der Waals surface area contributed by atoms with Crippen LogP contribution in [0.15, 0.2) is 60.8 Å². The molecule has 0 saturated carbocycles. The number of rotatable bonds is 5. The van der Waals surface area contributed by atoms with Crippen LogP contribution >= 0.6 is 11.6 Å². The first kappa shape index (κ1) is 17.8. The first-order valence-electron chi connectivity index (χ1n) is 7.73. The zero-order valence-electron chi connectivity index (χ0n) is 13.5. The maximum Gasteiger partial charge on any atom is 0.253 e. The molecule has 0 aliphatic rings. The van der Waals surface area contributed by atoms with Gasteiger partial charge in [-0.05, 0) is 35.9 Å². The molecule has 0 aliphatic heterocycles. The lowest BCUT2D eigenvalue weighted by atomic mass is 10.2. The minimum atomic E-state index is -0.728. The van der Waals surface area contributed by atoms with Crippen molar-refractivity contribution in [1.29, 1.82) is 0 Å². The van der Waals surface area contributed by atoms with Gasteiger partial charge in [0, 0.05) is 17.8 Å². The fourth-order valence-corrected chi connectivity index (χ4v) is 2.47. The third-order valence-electron chi connectivity index (χ3n) is 3.64. The Bertz CT molecular complexity index is 912. The maximum atomic E-state index is 13.6. The van der Waals surface area contributed by atoms with Gasteiger partial charge in [0.25, 0.3) is 5.91 Å². The Morgan fingerprint density at radius 2 is 1.73 bits per heavy atom. The van der Waals surface area contributed by atoms with Gasteiger partial charge >= 0.3 is 0 Å². The van der Waals surface area contributed by atoms with Gasteiger partial charge in [-0.15, -0.1) is 0 Å². The molecule has 0 spiro atoms. The summed E-state index contributed by atoms with van der Waals surface area (Å²) < 4.78 is 27.3. The van der Waals surface area contributed by atoms with Crippen LogP contribution in [-0.2, 0) is 6.54 Å². The summed E-state index contributed by atoms with van der Waals surface area (Å²) in [5, 5.41) is 5.87. The van der Waals surface area contributed by atoms with Gasteiger partial charge in [-0.2, -0.15) is 0 Å². The summed E-state index contributed by atoms with van der Waals surface area (Å²) in [7, 11) is 0. The van der Waals surface area contributed by atoms with Crippen molar-refractivity contribution in [2.45, 2.75) is 6.54 Å². The van der Waals surface area contributed by atoms with Crippen molar-refractivity contribution in [2.75, 3.05) is 5.32 Å². The van der Waals surface area contributed by atoms with Gasteiger partial charge in [-0.1, -0.05) is 35.9 Å². The fraction of sp³-hybridized carbons (Fsp3) is 0.0526. The number of carbonyl (C=O) groups excluding carboxylic acids is 1. The highest BCUT2D eigenvalue weighted by molar-refractivity contribution is 6.31. The van der Waals surface area contributed by atoms with E-state index in [2.05, 4.69) is 15.6 Å². The molecule has 132 valence electrons. The molecule has 0 fully saturated rings. The van der Waals surface area contributed by atoms with E-state index >= 15 is 0 Å². The Morgan fingerprint density at radius 1 is 1.00 bits per heavy atom. The van der Waals surface area contributed by atoms with E-state index in [9.17, 15) is 13.6 Å². The SMILES string of the molecule is O=C(NCc1ccccc1Cl)c1ccc(Nc2c(F)cccc2F)nc1. The zero-order chi connectivity index (χ0) is 18.5. The second-order valence-electron chi connectivity index (χ2n) is 5.43. The van der Waals surface area contributed by atoms with Gasteiger partial charge in [0.1, 0.15) is 23.1 Å². The predicted octanol–water partition coefficient (Wildman–Crippen LogP) is 4.69. The highest BCUT2D eigenvalue weighted by atomic mass is 35.5. The number of nitrogens with one attached hydrogen (secondary N) is 2. The van der Waals surface area contributed by atoms with Crippen molar-refractivity contribution >= 4 is 29.0 Å². The molecule has 1 aromatic heterocycles. The fourth-order valence-electron chi connectivity index (χ4n) is 2.27. The van der Waals surface area contributed by atoms with Gasteiger partial charge in [0.2, 0.25) is 0 Å². The van der Waals surface area contributed by atoms with Crippen molar-refractivity contribution in [3.8, 4) is 0 Å². The average molecular weight is 374 g/mol. The molecule has 0 atom stereocenters. The summed E-state index contributed by atoms with van der Waals surface area (Å²) in [6.45, 7) is 0.277. The molecule has 26 heavy (non-hydrogen) atoms. The number of halogens is 3. The predicted molar refractivity (Wildman–Crippen MR) is 96.5 cm³/mol. The smallest absolute Gasteiger partial charge is 0.253 e. The van der Waals surface area contributed by atoms with Crippen molar-refractivity contribution in [3.63, 3.8) is 0 Å². The molecule has 3 aromatic rings. The van der Waals surface area contributed by atoms with Crippen molar-refractivity contribution in [1.82, 2.24) is 10.3 Å². The van der Waals surface area contributed by atoms with Crippen LogP contribution in [0.1, 0.15) is 15.9 Å². The lowest BCUT2D eigenvalue weighted by molar-refractivity contribution is 0.0950. The first-order valence-corrected chi connectivity index (χ1v) is 8.11. The molecule has 7 heteroatoms. The second kappa shape index (κ2) is 7.93. The molecule has 0 saturated heterocycles. The van der Waals surface area contributed by atoms with Crippen LogP contribution in [0, 0.1) is 11.6 Å². The van der Waals surface area contributed by atoms with Crippen molar-refractivity contribution in [2.24, 2.45) is 0 Å². The number of anilines is 2. The monoisotopic (exact) mass is 373 g/mol. The number of aromatic nitrogens is 1. The number of carbonyl (C=O) groups is 1. The van der Waals surface area contributed by atoms with Crippen molar-refractivity contribution < 1.29 is 13.6 Å². The standard InChI is InChI=1S/C19H14ClF2N3O/c20-14-5-2-1-4-12(14)10-24-19(26)13-8-9-17(23-11-13)25-18-15(21)6-3-7-16(18)22/h1-9,11H,10H2,(H,23,25)(H,24,26). The van der Waals surface area contributed by atoms with Crippen LogP contribution in [0.25, 0.3) is 0 Å². The molecule has 2 N–H and O–H groups in total. The van der Waals surface area contributed by atoms with Gasteiger partial charge < -0.3 is 10.6 Å². The van der Waals surface area contributed by atoms with Gasteiger partial charge in [-0.25, -0.2) is 13.8 Å². The summed E-state index contributed by atoms with van der Waals surface area (Å²) in [4.78, 5) is 16.2. The Hall–Kier alpha value is -2.99. The van der Waals surface area contributed by atoms with Crippen LogP contribution in [0.4, 0.5) is 20.3 Å². The summed E-state index contributed by atoms with van der Waals surface area (Å²) in [5.41, 5.74) is 0.816. The van der Waals surface area contributed by atoms with Crippen LogP contribution in [0.2, 0.25) is 5.02 Å². The maximum absolute atomic E-state index is 13.6. The molecule has 0 aliphatic carbocycles. The zero-order valence-corrected chi connectivity index (χ0v) is 14.2. The quantitative estimate of drug-likeness (QED) is 0.682. The topological polar surface area (TPSA) is 54.0 Å². The molecule has 4 nitrogen and oxygen atoms in total. The lowest BCUT2D eigenvalue weighted by Gasteiger charge is -2.09. The number of para-hydroxylation sites is 1. The molecule has 0 unspecified atom stereocenters. The summed E-state index contributed by atoms with van der Waals surface area (Å²) in [6.07, 6.45) is 1.32. The van der Waals surface area contributed by atoms with E-state index in [1.54, 1.807) is 6.07 Å². The third kappa shape index (κ3) is 4.15. The number of hydrogen-bond acceptors (Lipinski definition) is 3. The average Bonchev–Trinajstić information content (AvgIpc) is 2.64. The first-order chi connectivity index (χ1) is 12.5. The van der Waals surface area contributed by atoms with E-state index in [1.807, 2.05) is 18.2 Å². The largest absolute Gasteiger partial charge is 0.348 e. The van der Waals surface area contributed by atoms with Crippen molar-refractivity contribution in [3.05, 3.63) is 88.6 Å². The number of pyridine rings is 1. The van der Waals surface area contributed by atoms with Gasteiger partial charge in [-0.3, -0.25) is 4.79 Å². The lowest BCUT2D eigenvalue weighted by Crippen LogP contribution is -2.23. The normalized spacial score (nSPS) is 10.4. The summed E-state index contributed by atoms with van der Waals surface area (Å²) >= 11 is 6.04. The van der Waals surface area contributed by atoms with E-state index in [4.69, 9.17) is 11.6 Å². The van der Waals surface area contributed by atoms with Gasteiger partial charge in [0.15, 0.2) is 0 Å². The van der Waals surface area contributed by atoms with Crippen LogP contribution in [0.3, 0.4) is 0 Å². The highest BCUT2D eigenvalue weighted by Gasteiger charge is 2.11. The van der Waals surface area contributed by atoms with Gasteiger partial charge in [0.05, 0.1) is 5.56 Å². The molecule has 0 radical (unpaired) electrons. The Morgan fingerprint density at radius 3 is 2.38 bits per heavy atom. The summed E-state index contributed by atoms with van der Waals surface area (Å²) in [5.74, 6) is -1.57. The Kier molecular flexibility index (Phi) is 5.43. The second-order valence-corrected chi connectivity index (χ2v) is 5.84. The molecule has 1 heterocycles. The summed E-state index contributed by atoms with van der Waals surface area (Å²) in [6, 6.07) is 13.7. The number of hydrogen-bond donors (Lipinski definition) is 2. The van der Waals surface area contributed by atoms with Crippen LogP contribution in [-0.4, -0.2) is 10.9 Å². The van der Waals surface area contributed by atoms with Crippen LogP contribution in [0.5, 0.6) is 0 Å². The molecular formula is C19H14ClF2N3O.